The minimum Gasteiger partial charge on any atom is -0.445 e. The van der Waals surface area contributed by atoms with Gasteiger partial charge < -0.3 is 10.1 Å². The first-order chi connectivity index (χ1) is 11.1. The molecule has 2 aromatic carbocycles. The lowest BCUT2D eigenvalue weighted by atomic mass is 10.1. The molecule has 23 heavy (non-hydrogen) atoms. The Bertz CT molecular complexity index is 673. The molecule has 1 N–H and O–H groups in total. The van der Waals surface area contributed by atoms with Crippen LogP contribution in [0, 0.1) is 0 Å². The highest BCUT2D eigenvalue weighted by atomic mass is 16.5. The molecular formula is C20H21NO2. The molecule has 0 spiro atoms. The summed E-state index contributed by atoms with van der Waals surface area (Å²) in [7, 11) is 0. The van der Waals surface area contributed by atoms with Crippen molar-refractivity contribution in [3.05, 3.63) is 83.9 Å². The molecule has 0 heterocycles. The Morgan fingerprint density at radius 3 is 2.48 bits per heavy atom. The molecule has 1 amide bonds. The number of alkyl carbamates (subject to hydrolysis) is 1. The lowest BCUT2D eigenvalue weighted by Crippen LogP contribution is -2.24. The first-order valence-electron chi connectivity index (χ1n) is 7.52. The minimum absolute atomic E-state index is 0.277. The molecule has 2 aromatic rings. The summed E-state index contributed by atoms with van der Waals surface area (Å²) in [6.45, 7) is 6.59. The van der Waals surface area contributed by atoms with E-state index in [-0.39, 0.29) is 6.61 Å². The molecule has 118 valence electrons. The molecule has 0 aromatic heterocycles. The quantitative estimate of drug-likeness (QED) is 0.843. The van der Waals surface area contributed by atoms with Crippen LogP contribution in [0.15, 0.2) is 67.3 Å². The monoisotopic (exact) mass is 307 g/mol. The smallest absolute Gasteiger partial charge is 0.407 e. The average Bonchev–Trinajstić information content (AvgIpc) is 2.58. The van der Waals surface area contributed by atoms with Crippen molar-refractivity contribution in [3.8, 4) is 0 Å². The van der Waals surface area contributed by atoms with Gasteiger partial charge in [-0.25, -0.2) is 4.79 Å². The third kappa shape index (κ3) is 5.83. The van der Waals surface area contributed by atoms with Crippen molar-refractivity contribution >= 4 is 17.7 Å². The van der Waals surface area contributed by atoms with Crippen LogP contribution in [0.25, 0.3) is 11.6 Å². The zero-order chi connectivity index (χ0) is 16.5. The first-order valence-corrected chi connectivity index (χ1v) is 7.52. The topological polar surface area (TPSA) is 38.3 Å². The van der Waals surface area contributed by atoms with Crippen LogP contribution in [0.5, 0.6) is 0 Å². The van der Waals surface area contributed by atoms with Crippen molar-refractivity contribution in [3.63, 3.8) is 0 Å². The third-order valence-electron chi connectivity index (χ3n) is 3.29. The van der Waals surface area contributed by atoms with Gasteiger partial charge in [0.1, 0.15) is 6.61 Å². The van der Waals surface area contributed by atoms with Crippen molar-refractivity contribution in [1.29, 1.82) is 0 Å². The molecule has 3 heteroatoms. The summed E-state index contributed by atoms with van der Waals surface area (Å²) in [6.07, 6.45) is 3.43. The fourth-order valence-electron chi connectivity index (χ4n) is 1.99. The zero-order valence-corrected chi connectivity index (χ0v) is 13.3. The van der Waals surface area contributed by atoms with E-state index in [1.54, 1.807) is 0 Å². The molecule has 3 nitrogen and oxygen atoms in total. The predicted octanol–water partition coefficient (Wildman–Crippen LogP) is 4.66. The summed E-state index contributed by atoms with van der Waals surface area (Å²) in [5, 5.41) is 2.69. The molecule has 2 rings (SSSR count). The van der Waals surface area contributed by atoms with Gasteiger partial charge in [0, 0.05) is 6.54 Å². The van der Waals surface area contributed by atoms with E-state index in [9.17, 15) is 4.79 Å². The van der Waals surface area contributed by atoms with Crippen molar-refractivity contribution in [2.45, 2.75) is 13.5 Å². The van der Waals surface area contributed by atoms with Gasteiger partial charge in [-0.3, -0.25) is 0 Å². The summed E-state index contributed by atoms with van der Waals surface area (Å²) in [5.74, 6) is 0. The van der Waals surface area contributed by atoms with Crippen LogP contribution in [0.3, 0.4) is 0 Å². The van der Waals surface area contributed by atoms with Gasteiger partial charge in [-0.15, -0.1) is 0 Å². The van der Waals surface area contributed by atoms with Crippen molar-refractivity contribution in [2.75, 3.05) is 6.54 Å². The maximum atomic E-state index is 11.6. The summed E-state index contributed by atoms with van der Waals surface area (Å²) in [5.41, 5.74) is 4.22. The second-order valence-corrected chi connectivity index (χ2v) is 5.25. The molecule has 0 radical (unpaired) electrons. The molecule has 0 aliphatic carbocycles. The highest BCUT2D eigenvalue weighted by Crippen LogP contribution is 2.13. The van der Waals surface area contributed by atoms with Gasteiger partial charge in [-0.05, 0) is 23.6 Å². The third-order valence-corrected chi connectivity index (χ3v) is 3.29. The number of carbonyl (C=O) groups is 1. The van der Waals surface area contributed by atoms with E-state index < -0.39 is 6.09 Å². The Morgan fingerprint density at radius 2 is 1.83 bits per heavy atom. The molecule has 0 aliphatic heterocycles. The number of benzene rings is 2. The van der Waals surface area contributed by atoms with Crippen LogP contribution < -0.4 is 5.32 Å². The predicted molar refractivity (Wildman–Crippen MR) is 94.8 cm³/mol. The van der Waals surface area contributed by atoms with E-state index in [0.29, 0.717) is 6.54 Å². The van der Waals surface area contributed by atoms with Crippen LogP contribution in [-0.4, -0.2) is 12.6 Å². The summed E-state index contributed by atoms with van der Waals surface area (Å²) in [6, 6.07) is 17.7. The average molecular weight is 307 g/mol. The van der Waals surface area contributed by atoms with Crippen molar-refractivity contribution in [1.82, 2.24) is 5.32 Å². The molecule has 0 saturated heterocycles. The fourth-order valence-corrected chi connectivity index (χ4v) is 1.99. The van der Waals surface area contributed by atoms with Crippen LogP contribution >= 0.6 is 0 Å². The van der Waals surface area contributed by atoms with E-state index in [1.807, 2.05) is 73.7 Å². The summed E-state index contributed by atoms with van der Waals surface area (Å²) < 4.78 is 5.13. The number of amides is 1. The van der Waals surface area contributed by atoms with E-state index in [2.05, 4.69) is 11.9 Å². The number of rotatable bonds is 6. The number of ether oxygens (including phenoxy) is 1. The van der Waals surface area contributed by atoms with E-state index in [1.165, 1.54) is 0 Å². The summed E-state index contributed by atoms with van der Waals surface area (Å²) in [4.78, 5) is 11.6. The highest BCUT2D eigenvalue weighted by molar-refractivity contribution is 5.68. The Hall–Kier alpha value is -2.81. The second kappa shape index (κ2) is 8.59. The van der Waals surface area contributed by atoms with E-state index in [0.717, 1.165) is 22.3 Å². The van der Waals surface area contributed by atoms with Crippen molar-refractivity contribution in [2.24, 2.45) is 0 Å². The van der Waals surface area contributed by atoms with Crippen LogP contribution in [0.1, 0.15) is 23.6 Å². The Kier molecular flexibility index (Phi) is 6.18. The Morgan fingerprint density at radius 1 is 1.13 bits per heavy atom. The van der Waals surface area contributed by atoms with Gasteiger partial charge in [0.25, 0.3) is 0 Å². The number of hydrogen-bond donors (Lipinski definition) is 1. The largest absolute Gasteiger partial charge is 0.445 e. The Labute approximate surface area is 137 Å². The zero-order valence-electron chi connectivity index (χ0n) is 13.3. The number of nitrogens with one attached hydrogen (secondary N) is 1. The lowest BCUT2D eigenvalue weighted by Gasteiger charge is -2.05. The fraction of sp³-hybridized carbons (Fsp3) is 0.150. The Balaban J connectivity index is 1.71. The molecular weight excluding hydrogens is 286 g/mol. The van der Waals surface area contributed by atoms with Gasteiger partial charge in [-0.1, -0.05) is 78.9 Å². The standard InChI is InChI=1S/C20H21NO2/c1-16(2)19-12-10-17(11-13-19)9-6-14-21-20(22)23-15-18-7-4-3-5-8-18/h3-13H,1,14-15H2,2H3,(H,21,22). The normalized spacial score (nSPS) is 10.5. The van der Waals surface area contributed by atoms with Gasteiger partial charge in [0.2, 0.25) is 0 Å². The van der Waals surface area contributed by atoms with Crippen LogP contribution in [0.4, 0.5) is 4.79 Å². The SMILES string of the molecule is C=C(C)c1ccc(C=CCNC(=O)OCc2ccccc2)cc1. The summed E-state index contributed by atoms with van der Waals surface area (Å²) >= 11 is 0. The van der Waals surface area contributed by atoms with Gasteiger partial charge >= 0.3 is 6.09 Å². The van der Waals surface area contributed by atoms with E-state index in [4.69, 9.17) is 4.74 Å². The maximum Gasteiger partial charge on any atom is 0.407 e. The molecule has 0 fully saturated rings. The highest BCUT2D eigenvalue weighted by Gasteiger charge is 2.00. The number of hydrogen-bond acceptors (Lipinski definition) is 2. The van der Waals surface area contributed by atoms with Crippen LogP contribution in [-0.2, 0) is 11.3 Å². The van der Waals surface area contributed by atoms with Gasteiger partial charge in [-0.2, -0.15) is 0 Å². The van der Waals surface area contributed by atoms with Crippen LogP contribution in [0.2, 0.25) is 0 Å². The number of allylic oxidation sites excluding steroid dienone is 1. The molecule has 0 atom stereocenters. The van der Waals surface area contributed by atoms with Gasteiger partial charge in [0.15, 0.2) is 0 Å². The molecule has 0 saturated carbocycles. The molecule has 0 bridgehead atoms. The number of carbonyl (C=O) groups excluding carboxylic acids is 1. The van der Waals surface area contributed by atoms with Crippen molar-refractivity contribution < 1.29 is 9.53 Å². The molecule has 0 unspecified atom stereocenters. The minimum atomic E-state index is -0.420. The second-order valence-electron chi connectivity index (χ2n) is 5.25. The molecule has 0 aliphatic rings. The first kappa shape index (κ1) is 16.6. The van der Waals surface area contributed by atoms with E-state index >= 15 is 0 Å². The van der Waals surface area contributed by atoms with Gasteiger partial charge in [0.05, 0.1) is 0 Å². The maximum absolute atomic E-state index is 11.6. The lowest BCUT2D eigenvalue weighted by molar-refractivity contribution is 0.141.